The molecule has 0 unspecified atom stereocenters. The molecule has 8 nitrogen and oxygen atoms in total. The van der Waals surface area contributed by atoms with Crippen LogP contribution in [0.25, 0.3) is 0 Å². The Morgan fingerprint density at radius 2 is 1.83 bits per heavy atom. The largest absolute Gasteiger partial charge is 0.460 e. The minimum absolute atomic E-state index is 0.0404. The molecule has 0 spiro atoms. The Bertz CT molecular complexity index is 771. The maximum atomic E-state index is 11.8. The van der Waals surface area contributed by atoms with E-state index in [1.807, 2.05) is 25.8 Å². The third-order valence-electron chi connectivity index (χ3n) is 2.65. The van der Waals surface area contributed by atoms with Gasteiger partial charge in [0.2, 0.25) is 5.95 Å². The molecule has 1 heterocycles. The second-order valence-electron chi connectivity index (χ2n) is 5.93. The zero-order valence-corrected chi connectivity index (χ0v) is 13.1. The summed E-state index contributed by atoms with van der Waals surface area (Å²) in [6.45, 7) is 5.44. The van der Waals surface area contributed by atoms with Crippen LogP contribution in [-0.4, -0.2) is 26.5 Å². The molecule has 8 heteroatoms. The fourth-order valence-corrected chi connectivity index (χ4v) is 1.84. The Balaban J connectivity index is 2.03. The molecule has 1 aromatic carbocycles. The van der Waals surface area contributed by atoms with E-state index < -0.39 is 17.0 Å². The molecular weight excluding hydrogens is 300 g/mol. The van der Waals surface area contributed by atoms with E-state index in [9.17, 15) is 14.4 Å². The number of esters is 1. The first kappa shape index (κ1) is 16.5. The number of nitrogens with one attached hydrogen (secondary N) is 3. The molecular formula is C15H18N4O4. The van der Waals surface area contributed by atoms with Crippen molar-refractivity contribution in [1.82, 2.24) is 15.0 Å². The van der Waals surface area contributed by atoms with Gasteiger partial charge in [-0.3, -0.25) is 14.8 Å². The van der Waals surface area contributed by atoms with Crippen LogP contribution in [0.2, 0.25) is 0 Å². The quantitative estimate of drug-likeness (QED) is 0.726. The second kappa shape index (κ2) is 6.47. The van der Waals surface area contributed by atoms with E-state index in [2.05, 4.69) is 15.3 Å². The van der Waals surface area contributed by atoms with E-state index in [4.69, 9.17) is 4.74 Å². The van der Waals surface area contributed by atoms with Crippen molar-refractivity contribution in [3.05, 3.63) is 50.8 Å². The first-order valence-electron chi connectivity index (χ1n) is 7.00. The van der Waals surface area contributed by atoms with Crippen molar-refractivity contribution in [2.45, 2.75) is 32.8 Å². The summed E-state index contributed by atoms with van der Waals surface area (Å²) in [7, 11) is 0. The van der Waals surface area contributed by atoms with Gasteiger partial charge in [0.1, 0.15) is 5.60 Å². The average Bonchev–Trinajstić information content (AvgIpc) is 2.37. The average molecular weight is 318 g/mol. The molecule has 0 aliphatic carbocycles. The van der Waals surface area contributed by atoms with Gasteiger partial charge in [0.25, 0.3) is 0 Å². The highest BCUT2D eigenvalue weighted by Crippen LogP contribution is 2.14. The van der Waals surface area contributed by atoms with Crippen molar-refractivity contribution < 1.29 is 9.53 Å². The minimum atomic E-state index is -0.738. The maximum absolute atomic E-state index is 11.8. The molecule has 0 amide bonds. The van der Waals surface area contributed by atoms with Crippen LogP contribution in [0, 0.1) is 0 Å². The number of nitrogens with zero attached hydrogens (tertiary/aromatic N) is 1. The SMILES string of the molecule is CC(C)(C)OC(=O)Cc1ccc(Nc2nc(=O)[nH]c(=O)[nH]2)cc1. The molecule has 3 N–H and O–H groups in total. The fourth-order valence-electron chi connectivity index (χ4n) is 1.84. The molecule has 0 aliphatic rings. The van der Waals surface area contributed by atoms with Crippen LogP contribution < -0.4 is 16.7 Å². The third-order valence-corrected chi connectivity index (χ3v) is 2.65. The van der Waals surface area contributed by atoms with Crippen LogP contribution in [0.1, 0.15) is 26.3 Å². The number of benzene rings is 1. The lowest BCUT2D eigenvalue weighted by Crippen LogP contribution is -2.25. The number of rotatable bonds is 4. The lowest BCUT2D eigenvalue weighted by Gasteiger charge is -2.19. The van der Waals surface area contributed by atoms with Gasteiger partial charge in [-0.05, 0) is 38.5 Å². The highest BCUT2D eigenvalue weighted by molar-refractivity contribution is 5.73. The smallest absolute Gasteiger partial charge is 0.352 e. The molecule has 0 bridgehead atoms. The molecule has 2 aromatic rings. The Kier molecular flexibility index (Phi) is 4.63. The van der Waals surface area contributed by atoms with E-state index in [1.54, 1.807) is 24.3 Å². The number of aromatic nitrogens is 3. The van der Waals surface area contributed by atoms with Crippen molar-refractivity contribution in [3.8, 4) is 0 Å². The van der Waals surface area contributed by atoms with Gasteiger partial charge in [-0.15, -0.1) is 0 Å². The number of hydrogen-bond donors (Lipinski definition) is 3. The van der Waals surface area contributed by atoms with Gasteiger partial charge in [0.05, 0.1) is 6.42 Å². The lowest BCUT2D eigenvalue weighted by atomic mass is 10.1. The van der Waals surface area contributed by atoms with E-state index in [0.717, 1.165) is 5.56 Å². The Labute approximate surface area is 131 Å². The van der Waals surface area contributed by atoms with E-state index >= 15 is 0 Å². The highest BCUT2D eigenvalue weighted by Gasteiger charge is 2.16. The first-order valence-corrected chi connectivity index (χ1v) is 7.00. The minimum Gasteiger partial charge on any atom is -0.460 e. The number of carbonyl (C=O) groups is 1. The van der Waals surface area contributed by atoms with Crippen LogP contribution in [0.15, 0.2) is 33.9 Å². The van der Waals surface area contributed by atoms with Crippen molar-refractivity contribution in [3.63, 3.8) is 0 Å². The number of ether oxygens (including phenoxy) is 1. The number of H-pyrrole nitrogens is 2. The molecule has 0 atom stereocenters. The van der Waals surface area contributed by atoms with Crippen LogP contribution in [0.3, 0.4) is 0 Å². The van der Waals surface area contributed by atoms with Gasteiger partial charge in [0, 0.05) is 5.69 Å². The third kappa shape index (κ3) is 5.42. The predicted molar refractivity (Wildman–Crippen MR) is 84.8 cm³/mol. The van der Waals surface area contributed by atoms with E-state index in [1.165, 1.54) is 0 Å². The molecule has 0 fully saturated rings. The Hall–Kier alpha value is -2.90. The molecule has 122 valence electrons. The molecule has 1 aromatic heterocycles. The summed E-state index contributed by atoms with van der Waals surface area (Å²) in [4.78, 5) is 41.9. The van der Waals surface area contributed by atoms with Gasteiger partial charge < -0.3 is 10.1 Å². The fraction of sp³-hybridized carbons (Fsp3) is 0.333. The summed E-state index contributed by atoms with van der Waals surface area (Å²) in [6.07, 6.45) is 0.164. The topological polar surface area (TPSA) is 117 Å². The zero-order valence-electron chi connectivity index (χ0n) is 13.1. The van der Waals surface area contributed by atoms with Crippen molar-refractivity contribution >= 4 is 17.6 Å². The zero-order chi connectivity index (χ0) is 17.0. The van der Waals surface area contributed by atoms with Gasteiger partial charge in [-0.2, -0.15) is 4.98 Å². The Morgan fingerprint density at radius 1 is 1.17 bits per heavy atom. The number of anilines is 2. The van der Waals surface area contributed by atoms with Crippen LogP contribution in [0.5, 0.6) is 0 Å². The molecule has 23 heavy (non-hydrogen) atoms. The second-order valence-corrected chi connectivity index (χ2v) is 5.93. The van der Waals surface area contributed by atoms with Crippen molar-refractivity contribution in [2.75, 3.05) is 5.32 Å². The van der Waals surface area contributed by atoms with Gasteiger partial charge in [-0.25, -0.2) is 9.59 Å². The van der Waals surface area contributed by atoms with Gasteiger partial charge >= 0.3 is 17.3 Å². The maximum Gasteiger partial charge on any atom is 0.352 e. The molecule has 2 rings (SSSR count). The van der Waals surface area contributed by atoms with E-state index in [0.29, 0.717) is 5.69 Å². The molecule has 0 radical (unpaired) electrons. The molecule has 0 aliphatic heterocycles. The van der Waals surface area contributed by atoms with Crippen LogP contribution in [0.4, 0.5) is 11.6 Å². The van der Waals surface area contributed by atoms with Gasteiger partial charge in [-0.1, -0.05) is 12.1 Å². The summed E-state index contributed by atoms with van der Waals surface area (Å²) in [6, 6.07) is 6.91. The highest BCUT2D eigenvalue weighted by atomic mass is 16.6. The number of carbonyl (C=O) groups excluding carboxylic acids is 1. The molecule has 0 saturated heterocycles. The normalized spacial score (nSPS) is 11.1. The molecule has 0 saturated carbocycles. The van der Waals surface area contributed by atoms with Crippen LogP contribution >= 0.6 is 0 Å². The lowest BCUT2D eigenvalue weighted by molar-refractivity contribution is -0.153. The summed E-state index contributed by atoms with van der Waals surface area (Å²) in [5, 5.41) is 2.80. The summed E-state index contributed by atoms with van der Waals surface area (Å²) in [5.41, 5.74) is -0.494. The van der Waals surface area contributed by atoms with Gasteiger partial charge in [0.15, 0.2) is 0 Å². The summed E-state index contributed by atoms with van der Waals surface area (Å²) in [5.74, 6) is -0.266. The predicted octanol–water partition coefficient (Wildman–Crippen LogP) is 1.09. The van der Waals surface area contributed by atoms with Crippen molar-refractivity contribution in [1.29, 1.82) is 0 Å². The standard InChI is InChI=1S/C15H18N4O4/c1-15(2,3)23-11(20)8-9-4-6-10(7-5-9)16-12-17-13(21)19-14(22)18-12/h4-7H,8H2,1-3H3,(H3,16,17,18,19,21,22). The monoisotopic (exact) mass is 318 g/mol. The summed E-state index contributed by atoms with van der Waals surface area (Å²) < 4.78 is 5.25. The summed E-state index contributed by atoms with van der Waals surface area (Å²) >= 11 is 0. The first-order chi connectivity index (χ1) is 10.7. The number of hydrogen-bond acceptors (Lipinski definition) is 6. The van der Waals surface area contributed by atoms with Crippen molar-refractivity contribution in [2.24, 2.45) is 0 Å². The number of aromatic amines is 2. The van der Waals surface area contributed by atoms with Crippen LogP contribution in [-0.2, 0) is 16.0 Å². The Morgan fingerprint density at radius 3 is 2.39 bits per heavy atom. The van der Waals surface area contributed by atoms with E-state index in [-0.39, 0.29) is 18.3 Å².